The summed E-state index contributed by atoms with van der Waals surface area (Å²) in [4.78, 5) is 10.6. The van der Waals surface area contributed by atoms with Gasteiger partial charge in [-0.15, -0.1) is 0 Å². The first kappa shape index (κ1) is 11.3. The smallest absolute Gasteiger partial charge is 0.377 e. The Hall–Kier alpha value is -0.750. The van der Waals surface area contributed by atoms with Crippen molar-refractivity contribution >= 4 is 5.97 Å². The van der Waals surface area contributed by atoms with E-state index in [0.717, 1.165) is 0 Å². The Morgan fingerprint density at radius 3 is 2.86 bits per heavy atom. The molecule has 2 atom stereocenters. The van der Waals surface area contributed by atoms with Crippen LogP contribution in [0.2, 0.25) is 0 Å². The van der Waals surface area contributed by atoms with Gasteiger partial charge in [-0.1, -0.05) is 0 Å². The van der Waals surface area contributed by atoms with Crippen molar-refractivity contribution in [2.45, 2.75) is 31.4 Å². The lowest BCUT2D eigenvalue weighted by atomic mass is 10.2. The molecule has 1 saturated heterocycles. The van der Waals surface area contributed by atoms with Gasteiger partial charge in [-0.2, -0.15) is 8.78 Å². The third-order valence-electron chi connectivity index (χ3n) is 2.02. The van der Waals surface area contributed by atoms with E-state index in [4.69, 9.17) is 5.11 Å². The minimum Gasteiger partial charge on any atom is -0.456 e. The van der Waals surface area contributed by atoms with Gasteiger partial charge in [0.05, 0.1) is 13.0 Å². The minimum atomic E-state index is -3.35. The van der Waals surface area contributed by atoms with Gasteiger partial charge in [-0.3, -0.25) is 0 Å². The molecular weight excluding hydrogens is 196 g/mol. The lowest BCUT2D eigenvalue weighted by Crippen LogP contribution is -2.35. The Bertz CT molecular complexity index is 223. The first-order valence-corrected chi connectivity index (χ1v) is 4.39. The van der Waals surface area contributed by atoms with Crippen LogP contribution in [0.1, 0.15) is 13.3 Å². The van der Waals surface area contributed by atoms with Crippen molar-refractivity contribution < 1.29 is 23.4 Å². The summed E-state index contributed by atoms with van der Waals surface area (Å²) < 4.78 is 29.7. The number of aliphatic hydroxyl groups excluding tert-OH is 1. The SMILES string of the molecule is CC(CO)NCC1CC(F)(F)C(=O)O1. The summed E-state index contributed by atoms with van der Waals surface area (Å²) in [5.74, 6) is -4.81. The molecule has 6 heteroatoms. The molecule has 0 aromatic heterocycles. The zero-order valence-electron chi connectivity index (χ0n) is 7.80. The van der Waals surface area contributed by atoms with Crippen LogP contribution in [-0.4, -0.2) is 42.3 Å². The molecule has 0 bridgehead atoms. The number of aliphatic hydroxyl groups is 1. The van der Waals surface area contributed by atoms with Gasteiger partial charge >= 0.3 is 11.9 Å². The summed E-state index contributed by atoms with van der Waals surface area (Å²) in [6.07, 6.45) is -1.39. The van der Waals surface area contributed by atoms with Crippen molar-refractivity contribution in [1.29, 1.82) is 0 Å². The summed E-state index contributed by atoms with van der Waals surface area (Å²) in [5, 5.41) is 11.4. The molecule has 82 valence electrons. The normalized spacial score (nSPS) is 27.4. The van der Waals surface area contributed by atoms with Gasteiger partial charge in [0.1, 0.15) is 6.10 Å². The van der Waals surface area contributed by atoms with Crippen LogP contribution in [0.25, 0.3) is 0 Å². The molecule has 1 aliphatic rings. The molecule has 0 amide bonds. The molecular formula is C8H13F2NO3. The summed E-state index contributed by atoms with van der Waals surface area (Å²) >= 11 is 0. The van der Waals surface area contributed by atoms with E-state index in [-0.39, 0.29) is 19.2 Å². The molecule has 2 N–H and O–H groups in total. The molecule has 1 fully saturated rings. The van der Waals surface area contributed by atoms with Crippen molar-refractivity contribution in [2.24, 2.45) is 0 Å². The van der Waals surface area contributed by atoms with Gasteiger partial charge in [0.15, 0.2) is 0 Å². The summed E-state index contributed by atoms with van der Waals surface area (Å²) in [6, 6.07) is -0.192. The van der Waals surface area contributed by atoms with Crippen LogP contribution < -0.4 is 5.32 Å². The molecule has 0 spiro atoms. The van der Waals surface area contributed by atoms with Gasteiger partial charge in [-0.05, 0) is 6.92 Å². The highest BCUT2D eigenvalue weighted by Gasteiger charge is 2.50. The minimum absolute atomic E-state index is 0.0863. The Morgan fingerprint density at radius 1 is 1.79 bits per heavy atom. The molecule has 4 nitrogen and oxygen atoms in total. The number of carbonyl (C=O) groups excluding carboxylic acids is 1. The fraction of sp³-hybridized carbons (Fsp3) is 0.875. The van der Waals surface area contributed by atoms with Crippen molar-refractivity contribution in [1.82, 2.24) is 5.32 Å². The molecule has 0 aliphatic carbocycles. The number of halogens is 2. The number of hydrogen-bond acceptors (Lipinski definition) is 4. The first-order valence-electron chi connectivity index (χ1n) is 4.39. The fourth-order valence-electron chi connectivity index (χ4n) is 1.16. The lowest BCUT2D eigenvalue weighted by molar-refractivity contribution is -0.159. The van der Waals surface area contributed by atoms with Gasteiger partial charge in [0, 0.05) is 12.6 Å². The predicted octanol–water partition coefficient (Wildman–Crippen LogP) is -0.0924. The molecule has 14 heavy (non-hydrogen) atoms. The van der Waals surface area contributed by atoms with Crippen LogP contribution in [0.15, 0.2) is 0 Å². The standard InChI is InChI=1S/C8H13F2NO3/c1-5(4-12)11-3-6-2-8(9,10)7(13)14-6/h5-6,11-12H,2-4H2,1H3. The summed E-state index contributed by atoms with van der Waals surface area (Å²) in [6.45, 7) is 1.76. The van der Waals surface area contributed by atoms with E-state index >= 15 is 0 Å². The lowest BCUT2D eigenvalue weighted by Gasteiger charge is -2.13. The molecule has 0 aromatic rings. The van der Waals surface area contributed by atoms with Gasteiger partial charge < -0.3 is 15.2 Å². The predicted molar refractivity (Wildman–Crippen MR) is 44.0 cm³/mol. The molecule has 2 unspecified atom stereocenters. The molecule has 0 saturated carbocycles. The van der Waals surface area contributed by atoms with Crippen molar-refractivity contribution in [3.8, 4) is 0 Å². The number of cyclic esters (lactones) is 1. The topological polar surface area (TPSA) is 58.6 Å². The van der Waals surface area contributed by atoms with Crippen molar-refractivity contribution in [2.75, 3.05) is 13.2 Å². The number of alkyl halides is 2. The average Bonchev–Trinajstić information content (AvgIpc) is 2.37. The maximum absolute atomic E-state index is 12.6. The molecule has 1 aliphatic heterocycles. The second kappa shape index (κ2) is 4.18. The Balaban J connectivity index is 2.32. The largest absolute Gasteiger partial charge is 0.456 e. The van der Waals surface area contributed by atoms with Crippen LogP contribution in [-0.2, 0) is 9.53 Å². The van der Waals surface area contributed by atoms with E-state index in [1.165, 1.54) is 0 Å². The number of carbonyl (C=O) groups is 1. The maximum Gasteiger partial charge on any atom is 0.377 e. The summed E-state index contributed by atoms with van der Waals surface area (Å²) in [7, 11) is 0. The van der Waals surface area contributed by atoms with Crippen LogP contribution in [0.3, 0.4) is 0 Å². The van der Waals surface area contributed by atoms with E-state index in [0.29, 0.717) is 0 Å². The molecule has 0 radical (unpaired) electrons. The van der Waals surface area contributed by atoms with E-state index in [9.17, 15) is 13.6 Å². The second-order valence-electron chi connectivity index (χ2n) is 3.43. The highest BCUT2D eigenvalue weighted by atomic mass is 19.3. The third kappa shape index (κ3) is 2.62. The Labute approximate surface area is 80.2 Å². The monoisotopic (exact) mass is 209 g/mol. The zero-order chi connectivity index (χ0) is 10.8. The van der Waals surface area contributed by atoms with E-state index in [2.05, 4.69) is 10.1 Å². The van der Waals surface area contributed by atoms with E-state index in [1.807, 2.05) is 0 Å². The molecule has 1 rings (SSSR count). The van der Waals surface area contributed by atoms with Crippen molar-refractivity contribution in [3.05, 3.63) is 0 Å². The maximum atomic E-state index is 12.6. The quantitative estimate of drug-likeness (QED) is 0.635. The van der Waals surface area contributed by atoms with E-state index in [1.54, 1.807) is 6.92 Å². The highest BCUT2D eigenvalue weighted by Crippen LogP contribution is 2.30. The second-order valence-corrected chi connectivity index (χ2v) is 3.43. The number of hydrogen-bond donors (Lipinski definition) is 2. The van der Waals surface area contributed by atoms with Crippen molar-refractivity contribution in [3.63, 3.8) is 0 Å². The van der Waals surface area contributed by atoms with Gasteiger partial charge in [0.25, 0.3) is 0 Å². The summed E-state index contributed by atoms with van der Waals surface area (Å²) in [5.41, 5.74) is 0. The zero-order valence-corrected chi connectivity index (χ0v) is 7.80. The molecule has 1 heterocycles. The van der Waals surface area contributed by atoms with Gasteiger partial charge in [-0.25, -0.2) is 4.79 Å². The Kier molecular flexibility index (Phi) is 3.38. The number of nitrogens with one attached hydrogen (secondary N) is 1. The average molecular weight is 209 g/mol. The van der Waals surface area contributed by atoms with Crippen LogP contribution in [0, 0.1) is 0 Å². The number of ether oxygens (including phenoxy) is 1. The number of esters is 1. The Morgan fingerprint density at radius 2 is 2.43 bits per heavy atom. The van der Waals surface area contributed by atoms with Crippen LogP contribution in [0.5, 0.6) is 0 Å². The van der Waals surface area contributed by atoms with Crippen LogP contribution >= 0.6 is 0 Å². The highest BCUT2D eigenvalue weighted by molar-refractivity contribution is 5.79. The van der Waals surface area contributed by atoms with E-state index < -0.39 is 24.4 Å². The third-order valence-corrected chi connectivity index (χ3v) is 2.02. The van der Waals surface area contributed by atoms with Crippen LogP contribution in [0.4, 0.5) is 8.78 Å². The molecule has 0 aromatic carbocycles. The van der Waals surface area contributed by atoms with Gasteiger partial charge in [0.2, 0.25) is 0 Å². The first-order chi connectivity index (χ1) is 6.45. The number of rotatable bonds is 4. The fourth-order valence-corrected chi connectivity index (χ4v) is 1.16.